The molecule has 0 fully saturated rings. The Kier molecular flexibility index (Phi) is 6.31. The second kappa shape index (κ2) is 9.13. The number of benzene rings is 2. The molecule has 6 nitrogen and oxygen atoms in total. The summed E-state index contributed by atoms with van der Waals surface area (Å²) in [4.78, 5) is 6.54. The number of ether oxygens (including phenoxy) is 1. The summed E-state index contributed by atoms with van der Waals surface area (Å²) in [5.74, 6) is 0.406. The molecule has 4 rings (SSSR count). The average Bonchev–Trinajstić information content (AvgIpc) is 3.24. The predicted molar refractivity (Wildman–Crippen MR) is 121 cm³/mol. The zero-order valence-electron chi connectivity index (χ0n) is 16.9. The second-order valence-corrected chi connectivity index (χ2v) is 7.83. The molecule has 160 valence electrons. The Labute approximate surface area is 189 Å². The van der Waals surface area contributed by atoms with Crippen LogP contribution in [0.4, 0.5) is 4.39 Å². The summed E-state index contributed by atoms with van der Waals surface area (Å²) in [5.41, 5.74) is 3.30. The van der Waals surface area contributed by atoms with Crippen LogP contribution in [-0.4, -0.2) is 40.4 Å². The van der Waals surface area contributed by atoms with E-state index >= 15 is 0 Å². The van der Waals surface area contributed by atoms with Gasteiger partial charge in [0.25, 0.3) is 5.89 Å². The zero-order valence-corrected chi connectivity index (χ0v) is 18.5. The molecule has 1 aliphatic heterocycles. The molecule has 0 radical (unpaired) electrons. The molecule has 31 heavy (non-hydrogen) atoms. The second-order valence-electron chi connectivity index (χ2n) is 7.01. The van der Waals surface area contributed by atoms with E-state index in [0.717, 1.165) is 16.8 Å². The van der Waals surface area contributed by atoms with Crippen molar-refractivity contribution in [3.8, 4) is 11.4 Å². The molecule has 0 saturated carbocycles. The van der Waals surface area contributed by atoms with Crippen LogP contribution in [0.2, 0.25) is 5.02 Å². The molecule has 1 unspecified atom stereocenters. The molecule has 1 atom stereocenters. The average molecular weight is 459 g/mol. The van der Waals surface area contributed by atoms with Crippen LogP contribution >= 0.6 is 23.8 Å². The lowest BCUT2D eigenvalue weighted by Gasteiger charge is -2.37. The van der Waals surface area contributed by atoms with E-state index in [1.54, 1.807) is 19.2 Å². The fraction of sp³-hybridized carbons (Fsp3) is 0.227. The number of hydrogen-bond acceptors (Lipinski definition) is 5. The third kappa shape index (κ3) is 4.46. The van der Waals surface area contributed by atoms with Crippen molar-refractivity contribution in [2.75, 3.05) is 20.3 Å². The summed E-state index contributed by atoms with van der Waals surface area (Å²) in [6.07, 6.45) is 0. The molecule has 0 spiro atoms. The van der Waals surface area contributed by atoms with E-state index in [-0.39, 0.29) is 11.9 Å². The SMILES string of the molecule is COCCN1C(=S)NC(c2ccc(Cl)cc2)C(c2nc(-c3ccc(F)cc3)no2)=C1C. The van der Waals surface area contributed by atoms with Gasteiger partial charge in [0.2, 0.25) is 5.82 Å². The fourth-order valence-corrected chi connectivity index (χ4v) is 3.94. The van der Waals surface area contributed by atoms with E-state index in [0.29, 0.717) is 40.6 Å². The molecule has 9 heteroatoms. The highest BCUT2D eigenvalue weighted by Crippen LogP contribution is 2.37. The Morgan fingerprint density at radius 3 is 2.58 bits per heavy atom. The van der Waals surface area contributed by atoms with E-state index in [1.165, 1.54) is 12.1 Å². The van der Waals surface area contributed by atoms with E-state index in [9.17, 15) is 4.39 Å². The van der Waals surface area contributed by atoms with Crippen molar-refractivity contribution in [1.29, 1.82) is 0 Å². The highest BCUT2D eigenvalue weighted by Gasteiger charge is 2.33. The molecule has 0 saturated heterocycles. The van der Waals surface area contributed by atoms with Crippen LogP contribution in [-0.2, 0) is 4.74 Å². The van der Waals surface area contributed by atoms with Crippen LogP contribution in [0.1, 0.15) is 24.4 Å². The summed E-state index contributed by atoms with van der Waals surface area (Å²) in [6.45, 7) is 3.04. The molecular formula is C22H20ClFN4O2S. The lowest BCUT2D eigenvalue weighted by Crippen LogP contribution is -2.47. The zero-order chi connectivity index (χ0) is 22.0. The maximum atomic E-state index is 13.3. The monoisotopic (exact) mass is 458 g/mol. The van der Waals surface area contributed by atoms with Crippen molar-refractivity contribution in [3.05, 3.63) is 76.5 Å². The van der Waals surface area contributed by atoms with Gasteiger partial charge in [-0.05, 0) is 61.1 Å². The van der Waals surface area contributed by atoms with E-state index in [1.807, 2.05) is 36.1 Å². The summed E-state index contributed by atoms with van der Waals surface area (Å²) in [7, 11) is 1.64. The van der Waals surface area contributed by atoms with Crippen LogP contribution in [0.25, 0.3) is 17.0 Å². The van der Waals surface area contributed by atoms with Crippen molar-refractivity contribution in [1.82, 2.24) is 20.4 Å². The van der Waals surface area contributed by atoms with Crippen LogP contribution in [0.5, 0.6) is 0 Å². The van der Waals surface area contributed by atoms with E-state index in [4.69, 9.17) is 33.1 Å². The molecule has 1 aromatic heterocycles. The standard InChI is InChI=1S/C22H20ClFN4O2S/c1-13-18(21-26-20(27-30-21)15-5-9-17(24)10-6-15)19(14-3-7-16(23)8-4-14)25-22(31)28(13)11-12-29-2/h3-10,19H,11-12H2,1-2H3,(H,25,31). The van der Waals surface area contributed by atoms with Crippen LogP contribution in [0.15, 0.2) is 58.8 Å². The maximum absolute atomic E-state index is 13.3. The number of halogens is 2. The maximum Gasteiger partial charge on any atom is 0.258 e. The first-order valence-corrected chi connectivity index (χ1v) is 10.4. The van der Waals surface area contributed by atoms with Crippen LogP contribution in [0.3, 0.4) is 0 Å². The van der Waals surface area contributed by atoms with Gasteiger partial charge in [-0.25, -0.2) is 4.39 Å². The minimum Gasteiger partial charge on any atom is -0.383 e. The van der Waals surface area contributed by atoms with Crippen LogP contribution < -0.4 is 5.32 Å². The van der Waals surface area contributed by atoms with Crippen molar-refractivity contribution in [3.63, 3.8) is 0 Å². The summed E-state index contributed by atoms with van der Waals surface area (Å²) in [6, 6.07) is 13.1. The largest absolute Gasteiger partial charge is 0.383 e. The van der Waals surface area contributed by atoms with Gasteiger partial charge < -0.3 is 19.5 Å². The van der Waals surface area contributed by atoms with Gasteiger partial charge in [0.1, 0.15) is 5.82 Å². The van der Waals surface area contributed by atoms with E-state index < -0.39 is 0 Å². The molecule has 0 bridgehead atoms. The Morgan fingerprint density at radius 1 is 1.19 bits per heavy atom. The normalized spacial score (nSPS) is 16.6. The molecular weight excluding hydrogens is 439 g/mol. The predicted octanol–water partition coefficient (Wildman–Crippen LogP) is 4.84. The van der Waals surface area contributed by atoms with Gasteiger partial charge >= 0.3 is 0 Å². The van der Waals surface area contributed by atoms with Gasteiger partial charge in [-0.2, -0.15) is 4.98 Å². The Bertz CT molecular complexity index is 1120. The lowest BCUT2D eigenvalue weighted by atomic mass is 9.95. The third-order valence-corrected chi connectivity index (χ3v) is 5.67. The number of rotatable bonds is 6. The smallest absolute Gasteiger partial charge is 0.258 e. The van der Waals surface area contributed by atoms with Crippen LogP contribution in [0, 0.1) is 5.82 Å². The lowest BCUT2D eigenvalue weighted by molar-refractivity contribution is 0.183. The van der Waals surface area contributed by atoms with Crippen molar-refractivity contribution in [2.45, 2.75) is 13.0 Å². The first-order chi connectivity index (χ1) is 15.0. The first kappa shape index (κ1) is 21.4. The third-order valence-electron chi connectivity index (χ3n) is 5.08. The highest BCUT2D eigenvalue weighted by atomic mass is 35.5. The minimum absolute atomic E-state index is 0.301. The number of nitrogens with zero attached hydrogens (tertiary/aromatic N) is 3. The summed E-state index contributed by atoms with van der Waals surface area (Å²) >= 11 is 11.7. The topological polar surface area (TPSA) is 63.4 Å². The van der Waals surface area contributed by atoms with Gasteiger partial charge in [-0.15, -0.1) is 0 Å². The molecule has 3 aromatic rings. The highest BCUT2D eigenvalue weighted by molar-refractivity contribution is 7.80. The van der Waals surface area contributed by atoms with Gasteiger partial charge in [0, 0.05) is 29.9 Å². The van der Waals surface area contributed by atoms with Gasteiger partial charge in [0.15, 0.2) is 5.11 Å². The van der Waals surface area contributed by atoms with Crippen molar-refractivity contribution >= 4 is 34.5 Å². The minimum atomic E-state index is -0.326. The summed E-state index contributed by atoms with van der Waals surface area (Å²) < 4.78 is 24.2. The van der Waals surface area contributed by atoms with Crippen molar-refractivity contribution < 1.29 is 13.7 Å². The Morgan fingerprint density at radius 2 is 1.90 bits per heavy atom. The van der Waals surface area contributed by atoms with Gasteiger partial charge in [-0.1, -0.05) is 28.9 Å². The number of methoxy groups -OCH3 is 1. The van der Waals surface area contributed by atoms with Gasteiger partial charge in [-0.3, -0.25) is 0 Å². The number of hydrogen-bond donors (Lipinski definition) is 1. The molecule has 1 aliphatic rings. The molecule has 0 amide bonds. The summed E-state index contributed by atoms with van der Waals surface area (Å²) in [5, 5.41) is 8.70. The first-order valence-electron chi connectivity index (χ1n) is 9.61. The molecule has 1 N–H and O–H groups in total. The number of thiocarbonyl (C=S) groups is 1. The van der Waals surface area contributed by atoms with E-state index in [2.05, 4.69) is 15.5 Å². The Hall–Kier alpha value is -2.81. The Balaban J connectivity index is 1.78. The molecule has 2 aromatic carbocycles. The fourth-order valence-electron chi connectivity index (χ4n) is 3.46. The quantitative estimate of drug-likeness (QED) is 0.530. The number of aromatic nitrogens is 2. The van der Waals surface area contributed by atoms with Crippen molar-refractivity contribution in [2.24, 2.45) is 0 Å². The number of nitrogens with one attached hydrogen (secondary N) is 1. The molecule has 2 heterocycles. The molecule has 0 aliphatic carbocycles. The number of allylic oxidation sites excluding steroid dienone is 1. The van der Waals surface area contributed by atoms with Gasteiger partial charge in [0.05, 0.1) is 18.2 Å².